The Labute approximate surface area is 210 Å². The SMILES string of the molecule is C=CC[C@]1(C)CCC2=C(Cc3ccccc32)C1=O.C=CC[C@]1(C)CCC=C(N2CCOCC2)C1=O. The smallest absolute Gasteiger partial charge is 0.184 e. The standard InChI is InChI=1S/C17H18O.C14H21NO2/c1-3-9-17(2)10-8-14-13-7-5-4-6-12(13)11-15(14)16(17)18;1-3-6-14(2)7-4-5-12(13(14)16)15-8-10-17-11-9-15/h3-7H,1,8-11H2,2H3;3,5H,1,4,6-11H2,2H3/t17-;14-/m11/s1. The summed E-state index contributed by atoms with van der Waals surface area (Å²) in [7, 11) is 0. The molecule has 2 atom stereocenters. The Morgan fingerprint density at radius 3 is 2.29 bits per heavy atom. The largest absolute Gasteiger partial charge is 0.378 e. The van der Waals surface area contributed by atoms with Gasteiger partial charge < -0.3 is 9.64 Å². The summed E-state index contributed by atoms with van der Waals surface area (Å²) in [6.45, 7) is 14.8. The number of ether oxygens (including phenoxy) is 1. The number of ketones is 2. The molecule has 3 aliphatic carbocycles. The predicted molar refractivity (Wildman–Crippen MR) is 142 cm³/mol. The van der Waals surface area contributed by atoms with Crippen LogP contribution in [0, 0.1) is 10.8 Å². The lowest BCUT2D eigenvalue weighted by atomic mass is 9.70. The number of hydrogen-bond donors (Lipinski definition) is 0. The summed E-state index contributed by atoms with van der Waals surface area (Å²) in [4.78, 5) is 27.4. The maximum atomic E-state index is 12.7. The molecule has 0 unspecified atom stereocenters. The van der Waals surface area contributed by atoms with Crippen LogP contribution in [0.25, 0.3) is 5.57 Å². The van der Waals surface area contributed by atoms with Crippen molar-refractivity contribution < 1.29 is 14.3 Å². The van der Waals surface area contributed by atoms with Crippen molar-refractivity contribution in [3.05, 3.63) is 78.0 Å². The highest BCUT2D eigenvalue weighted by atomic mass is 16.5. The van der Waals surface area contributed by atoms with Crippen LogP contribution in [-0.4, -0.2) is 42.8 Å². The van der Waals surface area contributed by atoms with Crippen LogP contribution in [0.1, 0.15) is 63.5 Å². The summed E-state index contributed by atoms with van der Waals surface area (Å²) in [5.41, 5.74) is 5.43. The first-order valence-electron chi connectivity index (χ1n) is 13.0. The Balaban J connectivity index is 0.000000165. The molecule has 0 radical (unpaired) electrons. The third-order valence-corrected chi connectivity index (χ3v) is 8.18. The molecular formula is C31H39NO3. The monoisotopic (exact) mass is 473 g/mol. The topological polar surface area (TPSA) is 46.6 Å². The van der Waals surface area contributed by atoms with Crippen molar-refractivity contribution in [3.8, 4) is 0 Å². The molecule has 1 fully saturated rings. The molecule has 1 heterocycles. The van der Waals surface area contributed by atoms with Crippen LogP contribution in [0.3, 0.4) is 0 Å². The van der Waals surface area contributed by atoms with E-state index in [1.807, 2.05) is 12.2 Å². The van der Waals surface area contributed by atoms with E-state index in [0.717, 1.165) is 82.5 Å². The third-order valence-electron chi connectivity index (χ3n) is 8.18. The zero-order chi connectivity index (χ0) is 25.1. The maximum Gasteiger partial charge on any atom is 0.184 e. The molecule has 186 valence electrons. The summed E-state index contributed by atoms with van der Waals surface area (Å²) < 4.78 is 5.33. The molecule has 4 aliphatic rings. The van der Waals surface area contributed by atoms with E-state index in [9.17, 15) is 9.59 Å². The van der Waals surface area contributed by atoms with E-state index in [4.69, 9.17) is 4.74 Å². The lowest BCUT2D eigenvalue weighted by Gasteiger charge is -2.38. The molecule has 1 aromatic carbocycles. The van der Waals surface area contributed by atoms with Crippen molar-refractivity contribution in [3.63, 3.8) is 0 Å². The lowest BCUT2D eigenvalue weighted by molar-refractivity contribution is -0.127. The number of hydrogen-bond acceptors (Lipinski definition) is 4. The molecule has 0 saturated carbocycles. The number of morpholine rings is 1. The lowest BCUT2D eigenvalue weighted by Crippen LogP contribution is -2.43. The van der Waals surface area contributed by atoms with Crippen molar-refractivity contribution in [2.24, 2.45) is 10.8 Å². The molecule has 4 heteroatoms. The summed E-state index contributed by atoms with van der Waals surface area (Å²) in [6, 6.07) is 8.42. The van der Waals surface area contributed by atoms with Gasteiger partial charge in [-0.3, -0.25) is 9.59 Å². The van der Waals surface area contributed by atoms with Crippen LogP contribution in [0.5, 0.6) is 0 Å². The average Bonchev–Trinajstić information content (AvgIpc) is 3.24. The molecule has 4 nitrogen and oxygen atoms in total. The fourth-order valence-electron chi connectivity index (χ4n) is 5.96. The van der Waals surface area contributed by atoms with Crippen LogP contribution < -0.4 is 0 Å². The van der Waals surface area contributed by atoms with Crippen molar-refractivity contribution >= 4 is 17.1 Å². The summed E-state index contributed by atoms with van der Waals surface area (Å²) in [5.74, 6) is 0.630. The van der Waals surface area contributed by atoms with Gasteiger partial charge in [0.15, 0.2) is 11.6 Å². The number of Topliss-reactive ketones (excluding diaryl/α,β-unsaturated/α-hetero) is 2. The number of rotatable bonds is 5. The van der Waals surface area contributed by atoms with E-state index in [1.54, 1.807) is 0 Å². The quantitative estimate of drug-likeness (QED) is 0.486. The Morgan fingerprint density at radius 2 is 1.60 bits per heavy atom. The van der Waals surface area contributed by atoms with Gasteiger partial charge in [0.1, 0.15) is 0 Å². The number of carbonyl (C=O) groups excluding carboxylic acids is 2. The zero-order valence-electron chi connectivity index (χ0n) is 21.4. The molecule has 0 spiro atoms. The van der Waals surface area contributed by atoms with Crippen LogP contribution in [0.2, 0.25) is 0 Å². The summed E-state index contributed by atoms with van der Waals surface area (Å²) in [6.07, 6.45) is 12.1. The van der Waals surface area contributed by atoms with Gasteiger partial charge in [-0.1, -0.05) is 56.3 Å². The second-order valence-electron chi connectivity index (χ2n) is 10.8. The van der Waals surface area contributed by atoms with Crippen LogP contribution in [-0.2, 0) is 20.7 Å². The van der Waals surface area contributed by atoms with Gasteiger partial charge in [-0.15, -0.1) is 13.2 Å². The highest BCUT2D eigenvalue weighted by Gasteiger charge is 2.41. The van der Waals surface area contributed by atoms with Gasteiger partial charge in [0.2, 0.25) is 0 Å². The molecule has 1 aliphatic heterocycles. The Bertz CT molecular complexity index is 1070. The van der Waals surface area contributed by atoms with E-state index < -0.39 is 0 Å². The highest BCUT2D eigenvalue weighted by Crippen LogP contribution is 2.47. The van der Waals surface area contributed by atoms with E-state index >= 15 is 0 Å². The first-order valence-corrected chi connectivity index (χ1v) is 13.0. The van der Waals surface area contributed by atoms with Gasteiger partial charge in [0.25, 0.3) is 0 Å². The van der Waals surface area contributed by atoms with Crippen molar-refractivity contribution in [1.82, 2.24) is 4.90 Å². The molecule has 35 heavy (non-hydrogen) atoms. The van der Waals surface area contributed by atoms with E-state index in [0.29, 0.717) is 5.78 Å². The zero-order valence-corrected chi connectivity index (χ0v) is 21.4. The minimum Gasteiger partial charge on any atom is -0.378 e. The third kappa shape index (κ3) is 4.99. The Kier molecular flexibility index (Phi) is 7.61. The normalized spacial score (nSPS) is 27.9. The molecule has 1 aromatic rings. The van der Waals surface area contributed by atoms with Crippen molar-refractivity contribution in [1.29, 1.82) is 0 Å². The van der Waals surface area contributed by atoms with E-state index in [2.05, 4.69) is 62.2 Å². The van der Waals surface area contributed by atoms with Gasteiger partial charge >= 0.3 is 0 Å². The molecule has 0 N–H and O–H groups in total. The number of fused-ring (bicyclic) bond motifs is 2. The van der Waals surface area contributed by atoms with Crippen LogP contribution in [0.4, 0.5) is 0 Å². The van der Waals surface area contributed by atoms with Crippen molar-refractivity contribution in [2.45, 2.75) is 58.8 Å². The number of carbonyl (C=O) groups is 2. The Hall–Kier alpha value is -2.72. The Morgan fingerprint density at radius 1 is 0.943 bits per heavy atom. The second-order valence-corrected chi connectivity index (χ2v) is 10.8. The van der Waals surface area contributed by atoms with Gasteiger partial charge in [0, 0.05) is 35.9 Å². The number of nitrogens with zero attached hydrogens (tertiary/aromatic N) is 1. The first-order chi connectivity index (χ1) is 16.8. The molecule has 0 aromatic heterocycles. The predicted octanol–water partition coefficient (Wildman–Crippen LogP) is 6.09. The number of allylic oxidation sites excluding steroid dienone is 6. The fourth-order valence-corrected chi connectivity index (χ4v) is 5.96. The van der Waals surface area contributed by atoms with E-state index in [1.165, 1.54) is 16.7 Å². The van der Waals surface area contributed by atoms with Crippen molar-refractivity contribution in [2.75, 3.05) is 26.3 Å². The maximum absolute atomic E-state index is 12.7. The molecule has 1 saturated heterocycles. The van der Waals surface area contributed by atoms with Gasteiger partial charge in [0.05, 0.1) is 18.9 Å². The fraction of sp³-hybridized carbons (Fsp3) is 0.484. The van der Waals surface area contributed by atoms with Gasteiger partial charge in [-0.25, -0.2) is 0 Å². The average molecular weight is 474 g/mol. The summed E-state index contributed by atoms with van der Waals surface area (Å²) >= 11 is 0. The van der Waals surface area contributed by atoms with Crippen LogP contribution in [0.15, 0.2) is 66.9 Å². The first kappa shape index (κ1) is 25.4. The van der Waals surface area contributed by atoms with Gasteiger partial charge in [-0.2, -0.15) is 0 Å². The second kappa shape index (κ2) is 10.5. The molecule has 0 amide bonds. The van der Waals surface area contributed by atoms with Crippen LogP contribution >= 0.6 is 0 Å². The summed E-state index contributed by atoms with van der Waals surface area (Å²) in [5, 5.41) is 0. The molecule has 0 bridgehead atoms. The minimum atomic E-state index is -0.246. The van der Waals surface area contributed by atoms with Gasteiger partial charge in [-0.05, 0) is 55.2 Å². The highest BCUT2D eigenvalue weighted by molar-refractivity contribution is 6.09. The number of benzene rings is 1. The molecular weight excluding hydrogens is 434 g/mol. The molecule has 5 rings (SSSR count). The minimum absolute atomic E-state index is 0.220. The van der Waals surface area contributed by atoms with E-state index in [-0.39, 0.29) is 16.6 Å².